The van der Waals surface area contributed by atoms with E-state index in [2.05, 4.69) is 0 Å². The largest absolute Gasteiger partial charge is 0.482 e. The van der Waals surface area contributed by atoms with Gasteiger partial charge in [0.2, 0.25) is 0 Å². The van der Waals surface area contributed by atoms with Crippen LogP contribution in [-0.4, -0.2) is 40.6 Å². The number of amides is 2. The molecule has 8 heteroatoms. The number of carbonyl (C=O) groups is 2. The van der Waals surface area contributed by atoms with Gasteiger partial charge in [-0.25, -0.2) is 0 Å². The van der Waals surface area contributed by atoms with Crippen LogP contribution >= 0.6 is 23.4 Å². The van der Waals surface area contributed by atoms with Crippen LogP contribution in [0.15, 0.2) is 28.1 Å². The average molecular weight is 476 g/mol. The van der Waals surface area contributed by atoms with E-state index in [1.54, 1.807) is 12.1 Å². The zero-order chi connectivity index (χ0) is 22.5. The molecule has 1 aromatic carbocycles. The van der Waals surface area contributed by atoms with Gasteiger partial charge in [-0.15, -0.1) is 0 Å². The van der Waals surface area contributed by atoms with Gasteiger partial charge in [-0.1, -0.05) is 56.2 Å². The number of ether oxygens (including phenoxy) is 1. The molecule has 0 spiro atoms. The molecule has 3 fully saturated rings. The lowest BCUT2D eigenvalue weighted by Crippen LogP contribution is -2.41. The second-order valence-electron chi connectivity index (χ2n) is 8.73. The Morgan fingerprint density at radius 3 is 2.50 bits per heavy atom. The number of primary amides is 1. The second kappa shape index (κ2) is 10.8. The highest BCUT2D eigenvalue weighted by molar-refractivity contribution is 8.18. The minimum Gasteiger partial charge on any atom is -0.482 e. The number of benzene rings is 1. The third kappa shape index (κ3) is 5.67. The van der Waals surface area contributed by atoms with Crippen molar-refractivity contribution < 1.29 is 14.3 Å². The van der Waals surface area contributed by atoms with Crippen LogP contribution in [0.25, 0.3) is 6.08 Å². The molecule has 2 amide bonds. The first kappa shape index (κ1) is 23.2. The standard InChI is InChI=1S/C24H30ClN3O3S/c25-19-13-16(11-12-20(19)31-15-22(26)29)14-21-23(30)28(18-9-5-2-6-10-18)24(32-21)27-17-7-3-1-4-8-17/h11-14,17-18H,1-10,15H2,(H2,26,29). The average Bonchev–Trinajstić information content (AvgIpc) is 3.08. The fourth-order valence-corrected chi connectivity index (χ4v) is 5.98. The van der Waals surface area contributed by atoms with E-state index in [1.807, 2.05) is 17.0 Å². The molecule has 1 aromatic rings. The van der Waals surface area contributed by atoms with Crippen LogP contribution in [0.3, 0.4) is 0 Å². The van der Waals surface area contributed by atoms with Crippen LogP contribution in [-0.2, 0) is 9.59 Å². The first-order chi connectivity index (χ1) is 15.5. The molecule has 2 N–H and O–H groups in total. The number of hydrogen-bond acceptors (Lipinski definition) is 5. The highest BCUT2D eigenvalue weighted by Crippen LogP contribution is 2.39. The molecular weight excluding hydrogens is 446 g/mol. The Hall–Kier alpha value is -1.99. The number of halogens is 1. The summed E-state index contributed by atoms with van der Waals surface area (Å²) in [5.41, 5.74) is 5.93. The fourth-order valence-electron chi connectivity index (χ4n) is 4.63. The predicted octanol–water partition coefficient (Wildman–Crippen LogP) is 5.14. The minimum atomic E-state index is -0.562. The fraction of sp³-hybridized carbons (Fsp3) is 0.542. The summed E-state index contributed by atoms with van der Waals surface area (Å²) in [7, 11) is 0. The third-order valence-electron chi connectivity index (χ3n) is 6.27. The summed E-state index contributed by atoms with van der Waals surface area (Å²) in [5.74, 6) is -0.129. The van der Waals surface area contributed by atoms with Gasteiger partial charge in [0.05, 0.1) is 16.0 Å². The van der Waals surface area contributed by atoms with E-state index in [-0.39, 0.29) is 18.6 Å². The second-order valence-corrected chi connectivity index (χ2v) is 10.1. The topological polar surface area (TPSA) is 85.0 Å². The minimum absolute atomic E-state index is 0.0432. The maximum absolute atomic E-state index is 13.4. The molecule has 0 radical (unpaired) electrons. The number of nitrogens with two attached hydrogens (primary N) is 1. The molecule has 0 atom stereocenters. The number of hydrogen-bond donors (Lipinski definition) is 1. The Bertz CT molecular complexity index is 921. The number of aliphatic imine (C=N–C) groups is 1. The van der Waals surface area contributed by atoms with Gasteiger partial charge in [-0.2, -0.15) is 0 Å². The summed E-state index contributed by atoms with van der Waals surface area (Å²) in [6.07, 6.45) is 13.5. The van der Waals surface area contributed by atoms with Crippen molar-refractivity contribution in [3.05, 3.63) is 33.7 Å². The molecule has 2 saturated carbocycles. The number of nitrogens with zero attached hydrogens (tertiary/aromatic N) is 2. The smallest absolute Gasteiger partial charge is 0.266 e. The summed E-state index contributed by atoms with van der Waals surface area (Å²) in [6, 6.07) is 5.81. The number of amidine groups is 1. The van der Waals surface area contributed by atoms with Gasteiger partial charge in [0, 0.05) is 6.04 Å². The van der Waals surface area contributed by atoms with Gasteiger partial charge in [-0.05, 0) is 61.2 Å². The Labute approximate surface area is 198 Å². The van der Waals surface area contributed by atoms with Crippen molar-refractivity contribution in [2.45, 2.75) is 76.3 Å². The third-order valence-corrected chi connectivity index (χ3v) is 7.56. The zero-order valence-corrected chi connectivity index (χ0v) is 19.8. The monoisotopic (exact) mass is 475 g/mol. The Morgan fingerprint density at radius 1 is 1.16 bits per heavy atom. The summed E-state index contributed by atoms with van der Waals surface area (Å²) >= 11 is 7.80. The van der Waals surface area contributed by atoms with Gasteiger partial charge in [-0.3, -0.25) is 19.5 Å². The van der Waals surface area contributed by atoms with Crippen molar-refractivity contribution in [2.24, 2.45) is 10.7 Å². The summed E-state index contributed by atoms with van der Waals surface area (Å²) < 4.78 is 5.32. The highest BCUT2D eigenvalue weighted by Gasteiger charge is 2.39. The molecule has 6 nitrogen and oxygen atoms in total. The van der Waals surface area contributed by atoms with Crippen LogP contribution in [0, 0.1) is 0 Å². The van der Waals surface area contributed by atoms with Crippen LogP contribution in [0.2, 0.25) is 5.02 Å². The first-order valence-corrected chi connectivity index (χ1v) is 12.7. The molecule has 0 bridgehead atoms. The van der Waals surface area contributed by atoms with Crippen molar-refractivity contribution in [1.29, 1.82) is 0 Å². The van der Waals surface area contributed by atoms with Gasteiger partial charge in [0.15, 0.2) is 11.8 Å². The molecule has 4 rings (SSSR count). The van der Waals surface area contributed by atoms with Gasteiger partial charge in [0.25, 0.3) is 11.8 Å². The molecule has 32 heavy (non-hydrogen) atoms. The molecule has 172 valence electrons. The predicted molar refractivity (Wildman–Crippen MR) is 130 cm³/mol. The van der Waals surface area contributed by atoms with Crippen molar-refractivity contribution in [1.82, 2.24) is 4.90 Å². The maximum Gasteiger partial charge on any atom is 0.266 e. The van der Waals surface area contributed by atoms with Crippen LogP contribution < -0.4 is 10.5 Å². The van der Waals surface area contributed by atoms with Gasteiger partial charge in [0.1, 0.15) is 5.75 Å². The maximum atomic E-state index is 13.4. The van der Waals surface area contributed by atoms with E-state index < -0.39 is 5.91 Å². The van der Waals surface area contributed by atoms with E-state index in [1.165, 1.54) is 37.4 Å². The SMILES string of the molecule is NC(=O)COc1ccc(C=C2SC(=NC3CCCCC3)N(C3CCCCC3)C2=O)cc1Cl. The van der Waals surface area contributed by atoms with Crippen molar-refractivity contribution >= 4 is 46.4 Å². The lowest BCUT2D eigenvalue weighted by molar-refractivity contribution is -0.124. The number of thioether (sulfide) groups is 1. The van der Waals surface area contributed by atoms with Gasteiger partial charge < -0.3 is 10.5 Å². The first-order valence-electron chi connectivity index (χ1n) is 11.5. The lowest BCUT2D eigenvalue weighted by Gasteiger charge is -2.31. The van der Waals surface area contributed by atoms with Crippen LogP contribution in [0.5, 0.6) is 5.75 Å². The van der Waals surface area contributed by atoms with Crippen molar-refractivity contribution in [2.75, 3.05) is 6.61 Å². The molecular formula is C24H30ClN3O3S. The van der Waals surface area contributed by atoms with E-state index in [4.69, 9.17) is 27.1 Å². The number of rotatable bonds is 6. The number of carbonyl (C=O) groups excluding carboxylic acids is 2. The van der Waals surface area contributed by atoms with Crippen LogP contribution in [0.4, 0.5) is 0 Å². The van der Waals surface area contributed by atoms with Gasteiger partial charge >= 0.3 is 0 Å². The van der Waals surface area contributed by atoms with E-state index >= 15 is 0 Å². The molecule has 0 aromatic heterocycles. The highest BCUT2D eigenvalue weighted by atomic mass is 35.5. The Kier molecular flexibility index (Phi) is 7.79. The molecule has 0 unspecified atom stereocenters. The quantitative estimate of drug-likeness (QED) is 0.577. The lowest BCUT2D eigenvalue weighted by atomic mass is 9.94. The van der Waals surface area contributed by atoms with Crippen molar-refractivity contribution in [3.8, 4) is 5.75 Å². The van der Waals surface area contributed by atoms with Crippen LogP contribution in [0.1, 0.15) is 69.8 Å². The Balaban J connectivity index is 1.57. The van der Waals surface area contributed by atoms with Crippen molar-refractivity contribution in [3.63, 3.8) is 0 Å². The Morgan fingerprint density at radius 2 is 1.84 bits per heavy atom. The van der Waals surface area contributed by atoms with E-state index in [0.717, 1.165) is 49.3 Å². The molecule has 1 aliphatic heterocycles. The molecule has 1 heterocycles. The zero-order valence-electron chi connectivity index (χ0n) is 18.2. The summed E-state index contributed by atoms with van der Waals surface area (Å²) in [4.78, 5) is 32.1. The molecule has 1 saturated heterocycles. The van der Waals surface area contributed by atoms with E-state index in [9.17, 15) is 9.59 Å². The normalized spacial score (nSPS) is 23.3. The summed E-state index contributed by atoms with van der Waals surface area (Å²) in [5, 5.41) is 1.24. The summed E-state index contributed by atoms with van der Waals surface area (Å²) in [6.45, 7) is -0.230. The van der Waals surface area contributed by atoms with E-state index in [0.29, 0.717) is 21.7 Å². The molecule has 2 aliphatic carbocycles. The molecule has 3 aliphatic rings.